The first-order valence-corrected chi connectivity index (χ1v) is 13.4. The number of ether oxygens (including phenoxy) is 1. The molecule has 0 saturated carbocycles. The molecule has 1 aliphatic heterocycles. The maximum Gasteiger partial charge on any atom is 1.00 e. The van der Waals surface area contributed by atoms with Gasteiger partial charge in [-0.1, -0.05) is 96.8 Å². The number of unbranched alkanes of at least 4 members (excludes halogenated alkanes) is 14. The molecule has 0 radical (unpaired) electrons. The molecule has 0 saturated heterocycles. The molecule has 36 heavy (non-hydrogen) atoms. The van der Waals surface area contributed by atoms with Gasteiger partial charge in [0.2, 0.25) is 0 Å². The number of quaternary nitrogens is 1. The van der Waals surface area contributed by atoms with Crippen molar-refractivity contribution in [2.24, 2.45) is 4.99 Å². The van der Waals surface area contributed by atoms with Crippen molar-refractivity contribution in [2.45, 2.75) is 110 Å². The maximum atomic E-state index is 11.3. The third-order valence-electron chi connectivity index (χ3n) is 6.69. The standard InChI is InChI=1S/C26H48N2O5.2Na.H2O/c1-2-3-4-5-6-7-8-9-10-11-12-13-14-15-16-17-24-27-18-19-28(24,22-25(29)30)20-21-33-23-26(31)32;;;/h2-23H2,1H3,(H-,29,30,31,32);;;1H2/q;2*+1;/p-2. The molecule has 1 heterocycles. The second kappa shape index (κ2) is 27.1. The van der Waals surface area contributed by atoms with E-state index in [0.29, 0.717) is 19.6 Å². The second-order valence-corrected chi connectivity index (χ2v) is 9.54. The monoisotopic (exact) mass is 530 g/mol. The molecule has 1 aliphatic rings. The van der Waals surface area contributed by atoms with E-state index in [2.05, 4.69) is 11.9 Å². The maximum absolute atomic E-state index is 11.3. The zero-order valence-electron chi connectivity index (χ0n) is 23.4. The zero-order valence-corrected chi connectivity index (χ0v) is 27.4. The minimum Gasteiger partial charge on any atom is -0.870 e. The number of rotatable bonds is 23. The summed E-state index contributed by atoms with van der Waals surface area (Å²) < 4.78 is 5.33. The fourth-order valence-corrected chi connectivity index (χ4v) is 4.75. The van der Waals surface area contributed by atoms with Crippen molar-refractivity contribution in [1.29, 1.82) is 0 Å². The smallest absolute Gasteiger partial charge is 0.870 e. The van der Waals surface area contributed by atoms with Crippen LogP contribution in [0.4, 0.5) is 0 Å². The van der Waals surface area contributed by atoms with Crippen LogP contribution in [0, 0.1) is 0 Å². The van der Waals surface area contributed by atoms with E-state index in [1.165, 1.54) is 83.5 Å². The predicted octanol–water partition coefficient (Wildman–Crippen LogP) is -3.18. The number of amidine groups is 1. The van der Waals surface area contributed by atoms with Crippen molar-refractivity contribution in [2.75, 3.05) is 39.4 Å². The number of aliphatic imine (C=N–C) groups is 1. The van der Waals surface area contributed by atoms with Crippen LogP contribution in [0.25, 0.3) is 0 Å². The van der Waals surface area contributed by atoms with Crippen LogP contribution in [-0.2, 0) is 14.3 Å². The summed E-state index contributed by atoms with van der Waals surface area (Å²) in [5.74, 6) is -1.48. The molecule has 1 unspecified atom stereocenters. The Bertz CT molecular complexity index is 581. The molecule has 0 aromatic heterocycles. The molecular weight excluding hydrogens is 482 g/mol. The second-order valence-electron chi connectivity index (χ2n) is 9.54. The van der Waals surface area contributed by atoms with Gasteiger partial charge >= 0.3 is 59.1 Å². The molecule has 0 spiro atoms. The summed E-state index contributed by atoms with van der Waals surface area (Å²) in [7, 11) is 0. The third-order valence-corrected chi connectivity index (χ3v) is 6.69. The fraction of sp³-hybridized carbons (Fsp3) is 0.885. The predicted molar refractivity (Wildman–Crippen MR) is 129 cm³/mol. The molecule has 0 bridgehead atoms. The Morgan fingerprint density at radius 2 is 1.28 bits per heavy atom. The van der Waals surface area contributed by atoms with E-state index >= 15 is 0 Å². The van der Waals surface area contributed by atoms with Gasteiger partial charge in [0.15, 0.2) is 5.84 Å². The molecule has 1 atom stereocenters. The van der Waals surface area contributed by atoms with Crippen LogP contribution in [0.3, 0.4) is 0 Å². The summed E-state index contributed by atoms with van der Waals surface area (Å²) in [6.07, 6.45) is 20.5. The van der Waals surface area contributed by atoms with Gasteiger partial charge in [-0.2, -0.15) is 0 Å². The molecule has 0 aromatic rings. The summed E-state index contributed by atoms with van der Waals surface area (Å²) in [5.41, 5.74) is 0. The van der Waals surface area contributed by atoms with Crippen LogP contribution in [0.2, 0.25) is 0 Å². The molecular formula is C26H48N2Na2O6. The van der Waals surface area contributed by atoms with Gasteiger partial charge in [-0.3, -0.25) is 4.48 Å². The molecule has 8 nitrogen and oxygen atoms in total. The SMILES string of the molecule is CCCCCCCCCCCCCCCCCC1=NCC[N+]1(CCOCC(=O)[O-])CC(=O)[O-].[Na+].[Na+].[OH-]. The summed E-state index contributed by atoms with van der Waals surface area (Å²) in [5, 5.41) is 21.8. The Kier molecular flexibility index (Phi) is 30.8. The van der Waals surface area contributed by atoms with E-state index in [9.17, 15) is 19.8 Å². The van der Waals surface area contributed by atoms with Gasteiger partial charge in [0.1, 0.15) is 19.6 Å². The number of hydrogen-bond acceptors (Lipinski definition) is 7. The van der Waals surface area contributed by atoms with Crippen LogP contribution in [0.15, 0.2) is 4.99 Å². The summed E-state index contributed by atoms with van der Waals surface area (Å²) in [4.78, 5) is 26.4. The van der Waals surface area contributed by atoms with Crippen molar-refractivity contribution in [3.63, 3.8) is 0 Å². The molecule has 1 N–H and O–H groups in total. The Hall–Kier alpha value is 0.490. The van der Waals surface area contributed by atoms with Crippen molar-refractivity contribution < 1.29 is 93.6 Å². The van der Waals surface area contributed by atoms with E-state index in [1.54, 1.807) is 0 Å². The topological polar surface area (TPSA) is 132 Å². The average Bonchev–Trinajstić information content (AvgIpc) is 3.15. The zero-order chi connectivity index (χ0) is 24.2. The van der Waals surface area contributed by atoms with E-state index in [-0.39, 0.29) is 82.2 Å². The summed E-state index contributed by atoms with van der Waals surface area (Å²) in [6.45, 7) is 3.43. The Labute approximate surface area is 263 Å². The van der Waals surface area contributed by atoms with Gasteiger partial charge in [0, 0.05) is 6.42 Å². The Morgan fingerprint density at radius 1 is 0.806 bits per heavy atom. The molecule has 0 aromatic carbocycles. The molecule has 0 aliphatic carbocycles. The first-order valence-electron chi connectivity index (χ1n) is 13.4. The van der Waals surface area contributed by atoms with E-state index < -0.39 is 18.5 Å². The first kappa shape index (κ1) is 41.0. The summed E-state index contributed by atoms with van der Waals surface area (Å²) in [6, 6.07) is 0. The molecule has 1 rings (SSSR count). The summed E-state index contributed by atoms with van der Waals surface area (Å²) >= 11 is 0. The average molecular weight is 531 g/mol. The van der Waals surface area contributed by atoms with Crippen molar-refractivity contribution >= 4 is 17.8 Å². The van der Waals surface area contributed by atoms with Crippen LogP contribution in [0.5, 0.6) is 0 Å². The van der Waals surface area contributed by atoms with Crippen molar-refractivity contribution in [3.05, 3.63) is 0 Å². The van der Waals surface area contributed by atoms with E-state index in [4.69, 9.17) is 4.74 Å². The van der Waals surface area contributed by atoms with Gasteiger partial charge in [-0.05, 0) is 6.42 Å². The number of carboxylic acid groups (broad SMARTS) is 2. The quantitative estimate of drug-likeness (QED) is 0.0778. The van der Waals surface area contributed by atoms with Gasteiger partial charge in [0.05, 0.1) is 31.7 Å². The minimum atomic E-state index is -1.27. The van der Waals surface area contributed by atoms with Crippen LogP contribution < -0.4 is 69.3 Å². The van der Waals surface area contributed by atoms with E-state index in [0.717, 1.165) is 25.1 Å². The number of carbonyl (C=O) groups excluding carboxylic acids is 2. The normalized spacial score (nSPS) is 16.4. The number of carbonyl (C=O) groups is 2. The van der Waals surface area contributed by atoms with Crippen LogP contribution >= 0.6 is 0 Å². The van der Waals surface area contributed by atoms with Crippen LogP contribution in [0.1, 0.15) is 110 Å². The van der Waals surface area contributed by atoms with E-state index in [1.807, 2.05) is 0 Å². The van der Waals surface area contributed by atoms with Gasteiger partial charge < -0.3 is 30.0 Å². The van der Waals surface area contributed by atoms with Gasteiger partial charge in [-0.25, -0.2) is 4.99 Å². The van der Waals surface area contributed by atoms with Gasteiger partial charge in [0.25, 0.3) is 0 Å². The Balaban J connectivity index is -0.00000363. The fourth-order valence-electron chi connectivity index (χ4n) is 4.75. The number of hydrogen-bond donors (Lipinski definition) is 0. The Morgan fingerprint density at radius 3 is 1.72 bits per heavy atom. The number of nitrogens with zero attached hydrogens (tertiary/aromatic N) is 2. The largest absolute Gasteiger partial charge is 1.00 e. The molecule has 10 heteroatoms. The molecule has 200 valence electrons. The molecule has 0 amide bonds. The number of aliphatic carboxylic acids is 2. The van der Waals surface area contributed by atoms with Gasteiger partial charge in [-0.15, -0.1) is 0 Å². The molecule has 0 fully saturated rings. The van der Waals surface area contributed by atoms with Crippen LogP contribution in [-0.4, -0.2) is 67.1 Å². The van der Waals surface area contributed by atoms with Crippen molar-refractivity contribution in [1.82, 2.24) is 0 Å². The third kappa shape index (κ3) is 20.5. The minimum absolute atomic E-state index is 0. The first-order chi connectivity index (χ1) is 16.0. The van der Waals surface area contributed by atoms with Crippen molar-refractivity contribution in [3.8, 4) is 0 Å². The number of carboxylic acids is 2.